The number of rotatable bonds is 9. The van der Waals surface area contributed by atoms with Crippen molar-refractivity contribution in [2.45, 2.75) is 6.42 Å². The fraction of sp³-hybridized carbons (Fsp3) is 0.250. The topological polar surface area (TPSA) is 108 Å². The van der Waals surface area contributed by atoms with Gasteiger partial charge in [-0.05, 0) is 55.0 Å². The monoisotopic (exact) mass is 419 g/mol. The third kappa shape index (κ3) is 5.49. The Morgan fingerprint density at radius 2 is 1.55 bits per heavy atom. The molecular weight excluding hydrogens is 398 g/mol. The van der Waals surface area contributed by atoms with Crippen LogP contribution in [-0.2, 0) is 10.1 Å². The number of hydrogen-bond donors (Lipinski definition) is 1. The van der Waals surface area contributed by atoms with Crippen molar-refractivity contribution >= 4 is 10.1 Å². The summed E-state index contributed by atoms with van der Waals surface area (Å²) in [6, 6.07) is 14.5. The maximum absolute atomic E-state index is 10.7. The molecule has 0 aliphatic carbocycles. The van der Waals surface area contributed by atoms with Gasteiger partial charge in [-0.15, -0.1) is 0 Å². The van der Waals surface area contributed by atoms with Crippen LogP contribution in [-0.4, -0.2) is 44.5 Å². The van der Waals surface area contributed by atoms with Crippen LogP contribution in [0.15, 0.2) is 52.9 Å². The van der Waals surface area contributed by atoms with Gasteiger partial charge < -0.3 is 18.6 Å². The number of nitrogens with zero attached hydrogens (tertiary/aromatic N) is 1. The summed E-state index contributed by atoms with van der Waals surface area (Å²) >= 11 is 0. The largest absolute Gasteiger partial charge is 0.497 e. The van der Waals surface area contributed by atoms with Crippen molar-refractivity contribution in [2.24, 2.45) is 0 Å². The Morgan fingerprint density at radius 3 is 2.14 bits per heavy atom. The molecule has 0 saturated heterocycles. The summed E-state index contributed by atoms with van der Waals surface area (Å²) in [6.45, 7) is 0.173. The molecule has 0 saturated carbocycles. The fourth-order valence-corrected chi connectivity index (χ4v) is 3.14. The minimum Gasteiger partial charge on any atom is -0.497 e. The molecule has 1 aromatic heterocycles. The summed E-state index contributed by atoms with van der Waals surface area (Å²) in [7, 11) is -0.890. The van der Waals surface area contributed by atoms with Gasteiger partial charge in [0.05, 0.1) is 26.6 Å². The molecule has 0 spiro atoms. The van der Waals surface area contributed by atoms with Gasteiger partial charge in [0.25, 0.3) is 10.1 Å². The fourth-order valence-electron chi connectivity index (χ4n) is 2.66. The molecule has 1 N–H and O–H groups in total. The zero-order valence-electron chi connectivity index (χ0n) is 16.0. The lowest BCUT2D eigenvalue weighted by atomic mass is 10.1. The third-order valence-electron chi connectivity index (χ3n) is 4.08. The van der Waals surface area contributed by atoms with Crippen molar-refractivity contribution in [1.82, 2.24) is 4.98 Å². The first-order chi connectivity index (χ1) is 13.9. The minimum absolute atomic E-state index is 0.149. The first kappa shape index (κ1) is 20.7. The lowest BCUT2D eigenvalue weighted by Gasteiger charge is -2.07. The van der Waals surface area contributed by atoms with Gasteiger partial charge in [-0.1, -0.05) is 0 Å². The van der Waals surface area contributed by atoms with Crippen LogP contribution in [0.2, 0.25) is 0 Å². The molecule has 9 heteroatoms. The van der Waals surface area contributed by atoms with E-state index in [0.717, 1.165) is 16.9 Å². The average Bonchev–Trinajstić information content (AvgIpc) is 3.15. The highest BCUT2D eigenvalue weighted by Crippen LogP contribution is 2.36. The molecule has 0 aliphatic heterocycles. The number of aromatic nitrogens is 1. The molecule has 3 rings (SSSR count). The second-order valence-electron chi connectivity index (χ2n) is 6.10. The molecule has 0 unspecified atom stereocenters. The maximum atomic E-state index is 10.7. The lowest BCUT2D eigenvalue weighted by molar-refractivity contribution is 0.293. The van der Waals surface area contributed by atoms with E-state index in [1.165, 1.54) is 7.11 Å². The number of methoxy groups -OCH3 is 2. The molecule has 29 heavy (non-hydrogen) atoms. The smallest absolute Gasteiger partial charge is 0.394 e. The predicted octanol–water partition coefficient (Wildman–Crippen LogP) is 3.68. The Morgan fingerprint density at radius 1 is 0.931 bits per heavy atom. The minimum atomic E-state index is -3.98. The van der Waals surface area contributed by atoms with Gasteiger partial charge in [-0.25, -0.2) is 0 Å². The molecular formula is C20H21NO7S. The lowest BCUT2D eigenvalue weighted by Crippen LogP contribution is -2.08. The summed E-state index contributed by atoms with van der Waals surface area (Å²) in [5.74, 6) is 1.52. The maximum Gasteiger partial charge on any atom is 0.394 e. The van der Waals surface area contributed by atoms with Gasteiger partial charge in [0.2, 0.25) is 0 Å². The molecule has 1 heterocycles. The van der Waals surface area contributed by atoms with Crippen molar-refractivity contribution in [1.29, 1.82) is 0 Å². The Kier molecular flexibility index (Phi) is 6.40. The average molecular weight is 419 g/mol. The van der Waals surface area contributed by atoms with Gasteiger partial charge in [-0.3, -0.25) is 4.55 Å². The van der Waals surface area contributed by atoms with Crippen LogP contribution < -0.4 is 14.2 Å². The summed E-state index contributed by atoms with van der Waals surface area (Å²) in [5, 5.41) is 0. The Bertz CT molecular complexity index is 1040. The van der Waals surface area contributed by atoms with Crippen LogP contribution in [0, 0.1) is 0 Å². The van der Waals surface area contributed by atoms with E-state index in [1.807, 2.05) is 36.4 Å². The molecule has 3 aromatic rings. The molecule has 0 aliphatic rings. The van der Waals surface area contributed by atoms with Crippen LogP contribution in [0.25, 0.3) is 22.6 Å². The van der Waals surface area contributed by atoms with Gasteiger partial charge >= 0.3 is 6.08 Å². The van der Waals surface area contributed by atoms with Crippen molar-refractivity contribution in [2.75, 3.05) is 26.6 Å². The summed E-state index contributed by atoms with van der Waals surface area (Å²) < 4.78 is 51.7. The Hall–Kier alpha value is -3.04. The highest BCUT2D eigenvalue weighted by Gasteiger charge is 2.17. The second kappa shape index (κ2) is 8.97. The van der Waals surface area contributed by atoms with Crippen LogP contribution in [0.5, 0.6) is 17.6 Å². The van der Waals surface area contributed by atoms with Crippen molar-refractivity contribution < 1.29 is 31.6 Å². The van der Waals surface area contributed by atoms with E-state index in [0.29, 0.717) is 17.2 Å². The summed E-state index contributed by atoms with van der Waals surface area (Å²) in [4.78, 5) is 4.40. The molecule has 0 bridgehead atoms. The summed E-state index contributed by atoms with van der Waals surface area (Å²) in [5.41, 5.74) is 2.25. The van der Waals surface area contributed by atoms with Crippen LogP contribution in [0.1, 0.15) is 6.42 Å². The van der Waals surface area contributed by atoms with E-state index < -0.39 is 10.1 Å². The number of hydrogen-bond acceptors (Lipinski definition) is 7. The Labute approximate surface area is 168 Å². The van der Waals surface area contributed by atoms with Gasteiger partial charge in [0.15, 0.2) is 5.76 Å². The summed E-state index contributed by atoms with van der Waals surface area (Å²) in [6.07, 6.45) is 0.345. The van der Waals surface area contributed by atoms with Crippen molar-refractivity contribution in [3.8, 4) is 40.2 Å². The van der Waals surface area contributed by atoms with E-state index in [2.05, 4.69) is 4.98 Å². The van der Waals surface area contributed by atoms with Crippen molar-refractivity contribution in [3.05, 3.63) is 48.5 Å². The third-order valence-corrected chi connectivity index (χ3v) is 4.88. The van der Waals surface area contributed by atoms with Gasteiger partial charge in [-0.2, -0.15) is 13.4 Å². The van der Waals surface area contributed by atoms with Gasteiger partial charge in [0.1, 0.15) is 17.2 Å². The van der Waals surface area contributed by atoms with Crippen molar-refractivity contribution in [3.63, 3.8) is 0 Å². The zero-order valence-corrected chi connectivity index (χ0v) is 16.8. The quantitative estimate of drug-likeness (QED) is 0.413. The van der Waals surface area contributed by atoms with E-state index >= 15 is 0 Å². The first-order valence-electron chi connectivity index (χ1n) is 8.77. The predicted molar refractivity (Wildman–Crippen MR) is 107 cm³/mol. The van der Waals surface area contributed by atoms with E-state index in [4.69, 9.17) is 23.2 Å². The van der Waals surface area contributed by atoms with E-state index in [1.54, 1.807) is 19.2 Å². The number of oxazole rings is 1. The van der Waals surface area contributed by atoms with Crippen LogP contribution in [0.3, 0.4) is 0 Å². The molecule has 0 amide bonds. The number of ether oxygens (including phenoxy) is 3. The SMILES string of the molecule is COc1ccc(-c2nc(OC)oc2-c2ccc(OCCCS(=O)(=O)O)cc2)cc1. The highest BCUT2D eigenvalue weighted by molar-refractivity contribution is 7.85. The zero-order chi connectivity index (χ0) is 20.9. The molecule has 0 radical (unpaired) electrons. The van der Waals surface area contributed by atoms with Crippen LogP contribution in [0.4, 0.5) is 0 Å². The van der Waals surface area contributed by atoms with E-state index in [9.17, 15) is 8.42 Å². The molecule has 8 nitrogen and oxygen atoms in total. The van der Waals surface area contributed by atoms with E-state index in [-0.39, 0.29) is 24.9 Å². The molecule has 2 aromatic carbocycles. The standard InChI is InChI=1S/C20H21NO7S/c1-25-16-8-4-14(5-9-16)18-19(28-20(21-18)26-2)15-6-10-17(11-7-15)27-12-3-13-29(22,23)24/h4-11H,3,12-13H2,1-2H3,(H,22,23,24). The highest BCUT2D eigenvalue weighted by atomic mass is 32.2. The molecule has 0 fully saturated rings. The van der Waals surface area contributed by atoms with Crippen LogP contribution >= 0.6 is 0 Å². The van der Waals surface area contributed by atoms with Gasteiger partial charge in [0, 0.05) is 11.1 Å². The number of benzene rings is 2. The molecule has 154 valence electrons. The first-order valence-corrected chi connectivity index (χ1v) is 10.4. The second-order valence-corrected chi connectivity index (χ2v) is 7.67. The Balaban J connectivity index is 1.78. The molecule has 0 atom stereocenters. The normalized spacial score (nSPS) is 11.3.